The summed E-state index contributed by atoms with van der Waals surface area (Å²) in [6.45, 7) is 2.76. The molecule has 1 aromatic rings. The lowest BCUT2D eigenvalue weighted by Gasteiger charge is -2.28. The van der Waals surface area contributed by atoms with Gasteiger partial charge >= 0.3 is 0 Å². The van der Waals surface area contributed by atoms with Crippen molar-refractivity contribution >= 4 is 0 Å². The molecule has 0 radical (unpaired) electrons. The van der Waals surface area contributed by atoms with Gasteiger partial charge in [-0.3, -0.25) is 0 Å². The number of hydrogen-bond donors (Lipinski definition) is 1. The topological polar surface area (TPSA) is 35.2 Å². The van der Waals surface area contributed by atoms with Crippen molar-refractivity contribution in [3.63, 3.8) is 0 Å². The van der Waals surface area contributed by atoms with Gasteiger partial charge in [0.2, 0.25) is 0 Å². The van der Waals surface area contributed by atoms with Gasteiger partial charge in [0, 0.05) is 0 Å². The third-order valence-electron chi connectivity index (χ3n) is 3.89. The minimum Gasteiger partial charge on any atom is -0.494 e. The molecule has 1 unspecified atom stereocenters. The van der Waals surface area contributed by atoms with E-state index in [1.807, 2.05) is 12.1 Å². The molecule has 0 bridgehead atoms. The average Bonchev–Trinajstić information content (AvgIpc) is 3.16. The lowest BCUT2D eigenvalue weighted by molar-refractivity contribution is 0.276. The minimum absolute atomic E-state index is 0.0210. The summed E-state index contributed by atoms with van der Waals surface area (Å²) < 4.78 is 19.1. The van der Waals surface area contributed by atoms with Gasteiger partial charge in [0.15, 0.2) is 11.6 Å². The number of hydrogen-bond acceptors (Lipinski definition) is 2. The molecule has 1 saturated carbocycles. The molecule has 1 fully saturated rings. The van der Waals surface area contributed by atoms with Gasteiger partial charge in [0.1, 0.15) is 0 Å². The molecule has 1 aliphatic rings. The molecule has 1 atom stereocenters. The molecular weight excluding hydrogens is 217 g/mol. The smallest absolute Gasteiger partial charge is 0.168 e. The summed E-state index contributed by atoms with van der Waals surface area (Å²) in [5.41, 5.74) is 6.60. The van der Waals surface area contributed by atoms with Crippen LogP contribution < -0.4 is 10.5 Å². The number of halogens is 1. The van der Waals surface area contributed by atoms with Crippen molar-refractivity contribution in [2.45, 2.75) is 26.2 Å². The predicted molar refractivity (Wildman–Crippen MR) is 66.5 cm³/mol. The van der Waals surface area contributed by atoms with Crippen LogP contribution >= 0.6 is 0 Å². The second-order valence-electron chi connectivity index (χ2n) is 5.24. The van der Waals surface area contributed by atoms with Gasteiger partial charge in [0.05, 0.1) is 7.11 Å². The van der Waals surface area contributed by atoms with Crippen molar-refractivity contribution in [2.24, 2.45) is 17.1 Å². The zero-order valence-corrected chi connectivity index (χ0v) is 10.5. The molecule has 2 rings (SSSR count). The normalized spacial score (nSPS) is 18.8. The summed E-state index contributed by atoms with van der Waals surface area (Å²) >= 11 is 0. The van der Waals surface area contributed by atoms with E-state index < -0.39 is 0 Å². The Kier molecular flexibility index (Phi) is 3.38. The molecule has 17 heavy (non-hydrogen) atoms. The lowest BCUT2D eigenvalue weighted by Crippen LogP contribution is -2.32. The van der Waals surface area contributed by atoms with Crippen LogP contribution in [0.5, 0.6) is 5.75 Å². The van der Waals surface area contributed by atoms with Gasteiger partial charge < -0.3 is 10.5 Å². The maximum absolute atomic E-state index is 14.1. The molecule has 2 N–H and O–H groups in total. The van der Waals surface area contributed by atoms with Crippen molar-refractivity contribution < 1.29 is 9.13 Å². The molecule has 1 aromatic carbocycles. The van der Waals surface area contributed by atoms with Crippen LogP contribution in [0.2, 0.25) is 0 Å². The van der Waals surface area contributed by atoms with Crippen LogP contribution in [0.25, 0.3) is 0 Å². The van der Waals surface area contributed by atoms with Gasteiger partial charge in [-0.1, -0.05) is 19.1 Å². The second kappa shape index (κ2) is 4.65. The lowest BCUT2D eigenvalue weighted by atomic mass is 9.79. The zero-order valence-electron chi connectivity index (χ0n) is 10.5. The third kappa shape index (κ3) is 2.44. The first-order valence-corrected chi connectivity index (χ1v) is 6.12. The summed E-state index contributed by atoms with van der Waals surface area (Å²) in [4.78, 5) is 0. The highest BCUT2D eigenvalue weighted by Gasteiger charge is 2.40. The van der Waals surface area contributed by atoms with E-state index >= 15 is 0 Å². The van der Waals surface area contributed by atoms with E-state index in [1.54, 1.807) is 6.07 Å². The van der Waals surface area contributed by atoms with Crippen LogP contribution in [0.3, 0.4) is 0 Å². The number of benzene rings is 1. The van der Waals surface area contributed by atoms with Gasteiger partial charge in [-0.25, -0.2) is 4.39 Å². The Bertz CT molecular complexity index is 403. The van der Waals surface area contributed by atoms with Crippen LogP contribution in [-0.4, -0.2) is 13.7 Å². The molecule has 0 aliphatic heterocycles. The molecular formula is C14H20FNO. The Balaban J connectivity index is 2.22. The zero-order chi connectivity index (χ0) is 12.5. The summed E-state index contributed by atoms with van der Waals surface area (Å²) in [5, 5.41) is 0. The summed E-state index contributed by atoms with van der Waals surface area (Å²) in [6.07, 6.45) is 3.13. The van der Waals surface area contributed by atoms with E-state index in [2.05, 4.69) is 6.92 Å². The van der Waals surface area contributed by atoms with E-state index in [4.69, 9.17) is 10.5 Å². The van der Waals surface area contributed by atoms with Crippen molar-refractivity contribution in [3.8, 4) is 5.75 Å². The fourth-order valence-corrected chi connectivity index (χ4v) is 2.45. The maximum Gasteiger partial charge on any atom is 0.168 e. The second-order valence-corrected chi connectivity index (χ2v) is 5.24. The summed E-state index contributed by atoms with van der Waals surface area (Å²) in [7, 11) is 1.49. The Morgan fingerprint density at radius 2 is 2.18 bits per heavy atom. The standard InChI is InChI=1S/C14H20FNO/c1-14(9-16,11-6-7-11)8-10-4-3-5-12(17-2)13(10)15/h3-5,11H,6-9,16H2,1-2H3. The molecule has 0 heterocycles. The van der Waals surface area contributed by atoms with E-state index in [-0.39, 0.29) is 11.2 Å². The van der Waals surface area contributed by atoms with Crippen molar-refractivity contribution in [2.75, 3.05) is 13.7 Å². The van der Waals surface area contributed by atoms with Crippen molar-refractivity contribution in [1.82, 2.24) is 0 Å². The van der Waals surface area contributed by atoms with E-state index in [1.165, 1.54) is 20.0 Å². The first kappa shape index (κ1) is 12.4. The molecule has 94 valence electrons. The van der Waals surface area contributed by atoms with Crippen LogP contribution in [0.4, 0.5) is 4.39 Å². The first-order chi connectivity index (χ1) is 8.10. The van der Waals surface area contributed by atoms with E-state index in [0.29, 0.717) is 30.2 Å². The molecule has 2 nitrogen and oxygen atoms in total. The number of ether oxygens (including phenoxy) is 1. The summed E-state index contributed by atoms with van der Waals surface area (Å²) in [5.74, 6) is 0.728. The molecule has 0 aromatic heterocycles. The fraction of sp³-hybridized carbons (Fsp3) is 0.571. The first-order valence-electron chi connectivity index (χ1n) is 6.12. The van der Waals surface area contributed by atoms with Crippen LogP contribution in [0.15, 0.2) is 18.2 Å². The molecule has 0 amide bonds. The average molecular weight is 237 g/mol. The summed E-state index contributed by atoms with van der Waals surface area (Å²) in [6, 6.07) is 5.31. The Hall–Kier alpha value is -1.09. The largest absolute Gasteiger partial charge is 0.494 e. The molecule has 1 aliphatic carbocycles. The van der Waals surface area contributed by atoms with Gasteiger partial charge in [0.25, 0.3) is 0 Å². The van der Waals surface area contributed by atoms with Gasteiger partial charge in [-0.05, 0) is 48.8 Å². The van der Waals surface area contributed by atoms with Crippen molar-refractivity contribution in [1.29, 1.82) is 0 Å². The highest BCUT2D eigenvalue weighted by molar-refractivity contribution is 5.32. The van der Waals surface area contributed by atoms with Crippen molar-refractivity contribution in [3.05, 3.63) is 29.6 Å². The highest BCUT2D eigenvalue weighted by atomic mass is 19.1. The Morgan fingerprint density at radius 3 is 2.71 bits per heavy atom. The Labute approximate surface area is 102 Å². The van der Waals surface area contributed by atoms with Gasteiger partial charge in [-0.15, -0.1) is 0 Å². The number of methoxy groups -OCH3 is 1. The highest BCUT2D eigenvalue weighted by Crippen LogP contribution is 2.47. The number of nitrogens with two attached hydrogens (primary N) is 1. The molecule has 3 heteroatoms. The Morgan fingerprint density at radius 1 is 1.47 bits per heavy atom. The van der Waals surface area contributed by atoms with Gasteiger partial charge in [-0.2, -0.15) is 0 Å². The number of rotatable bonds is 5. The SMILES string of the molecule is COc1cccc(CC(C)(CN)C2CC2)c1F. The van der Waals surface area contributed by atoms with Crippen LogP contribution in [0, 0.1) is 17.2 Å². The molecule has 0 spiro atoms. The predicted octanol–water partition coefficient (Wildman–Crippen LogP) is 2.75. The third-order valence-corrected chi connectivity index (χ3v) is 3.89. The maximum atomic E-state index is 14.1. The van der Waals surface area contributed by atoms with Crippen LogP contribution in [-0.2, 0) is 6.42 Å². The molecule has 0 saturated heterocycles. The van der Waals surface area contributed by atoms with Crippen LogP contribution in [0.1, 0.15) is 25.3 Å². The monoisotopic (exact) mass is 237 g/mol. The fourth-order valence-electron chi connectivity index (χ4n) is 2.45. The minimum atomic E-state index is -0.240. The quantitative estimate of drug-likeness (QED) is 0.854. The van der Waals surface area contributed by atoms with E-state index in [9.17, 15) is 4.39 Å². The van der Waals surface area contributed by atoms with E-state index in [0.717, 1.165) is 0 Å².